The number of hydrogen-bond donors (Lipinski definition) is 2. The van der Waals surface area contributed by atoms with Gasteiger partial charge >= 0.3 is 0 Å². The summed E-state index contributed by atoms with van der Waals surface area (Å²) in [5.74, 6) is 0.549. The van der Waals surface area contributed by atoms with E-state index >= 15 is 0 Å². The Morgan fingerprint density at radius 3 is 2.70 bits per heavy atom. The molecule has 1 saturated heterocycles. The van der Waals surface area contributed by atoms with E-state index in [0.29, 0.717) is 12.5 Å². The summed E-state index contributed by atoms with van der Waals surface area (Å²) >= 11 is 0. The van der Waals surface area contributed by atoms with E-state index in [0.717, 1.165) is 26.2 Å². The highest BCUT2D eigenvalue weighted by Crippen LogP contribution is 2.14. The molecular weight excluding hydrogens is 292 g/mol. The standard InChI is InChI=1S/C17H32N4O2/c1-13(2)10-21-6-7-23-15(11-21)8-19-9-16(22)20-17(5,12-18)14(3)4/h13-15,19H,6-11H2,1-5H3,(H,20,22). The number of morpholine rings is 1. The molecule has 1 fully saturated rings. The van der Waals surface area contributed by atoms with Crippen LogP contribution in [0.25, 0.3) is 0 Å². The first-order valence-corrected chi connectivity index (χ1v) is 8.53. The summed E-state index contributed by atoms with van der Waals surface area (Å²) in [4.78, 5) is 14.4. The van der Waals surface area contributed by atoms with Gasteiger partial charge in [-0.1, -0.05) is 27.7 Å². The second-order valence-corrected chi connectivity index (χ2v) is 7.29. The molecule has 6 heteroatoms. The van der Waals surface area contributed by atoms with Crippen molar-refractivity contribution in [1.29, 1.82) is 5.26 Å². The number of nitrogens with one attached hydrogen (secondary N) is 2. The zero-order valence-electron chi connectivity index (χ0n) is 15.2. The minimum Gasteiger partial charge on any atom is -0.374 e. The van der Waals surface area contributed by atoms with Crippen molar-refractivity contribution >= 4 is 5.91 Å². The molecule has 1 rings (SSSR count). The molecule has 0 aromatic carbocycles. The molecule has 1 aliphatic rings. The van der Waals surface area contributed by atoms with Crippen LogP contribution < -0.4 is 10.6 Å². The van der Waals surface area contributed by atoms with Crippen LogP contribution in [0.15, 0.2) is 0 Å². The topological polar surface area (TPSA) is 77.4 Å². The summed E-state index contributed by atoms with van der Waals surface area (Å²) < 4.78 is 5.74. The van der Waals surface area contributed by atoms with Crippen molar-refractivity contribution in [3.63, 3.8) is 0 Å². The predicted molar refractivity (Wildman–Crippen MR) is 90.9 cm³/mol. The number of carbonyl (C=O) groups is 1. The van der Waals surface area contributed by atoms with Crippen molar-refractivity contribution in [3.8, 4) is 6.07 Å². The Morgan fingerprint density at radius 1 is 1.43 bits per heavy atom. The summed E-state index contributed by atoms with van der Waals surface area (Å²) in [5.41, 5.74) is -0.825. The lowest BCUT2D eigenvalue weighted by Gasteiger charge is -2.34. The highest BCUT2D eigenvalue weighted by atomic mass is 16.5. The molecule has 0 aromatic heterocycles. The van der Waals surface area contributed by atoms with Gasteiger partial charge in [-0.25, -0.2) is 0 Å². The van der Waals surface area contributed by atoms with Gasteiger partial charge in [-0.3, -0.25) is 9.69 Å². The maximum Gasteiger partial charge on any atom is 0.235 e. The Morgan fingerprint density at radius 2 is 2.13 bits per heavy atom. The highest BCUT2D eigenvalue weighted by Gasteiger charge is 2.29. The molecule has 2 unspecified atom stereocenters. The summed E-state index contributed by atoms with van der Waals surface area (Å²) in [6.07, 6.45) is 0.114. The van der Waals surface area contributed by atoms with Gasteiger partial charge in [0.2, 0.25) is 5.91 Å². The van der Waals surface area contributed by atoms with Gasteiger partial charge in [0.1, 0.15) is 5.54 Å². The molecule has 0 saturated carbocycles. The van der Waals surface area contributed by atoms with Crippen molar-refractivity contribution in [1.82, 2.24) is 15.5 Å². The van der Waals surface area contributed by atoms with E-state index in [1.165, 1.54) is 0 Å². The van der Waals surface area contributed by atoms with Gasteiger partial charge in [0, 0.05) is 26.2 Å². The van der Waals surface area contributed by atoms with Crippen molar-refractivity contribution in [2.45, 2.75) is 46.3 Å². The maximum atomic E-state index is 12.0. The third kappa shape index (κ3) is 6.86. The minimum atomic E-state index is -0.825. The zero-order chi connectivity index (χ0) is 17.5. The Kier molecular flexibility index (Phi) is 7.97. The fourth-order valence-electron chi connectivity index (χ4n) is 2.57. The van der Waals surface area contributed by atoms with Crippen LogP contribution in [0.4, 0.5) is 0 Å². The first-order chi connectivity index (χ1) is 10.8. The Bertz CT molecular complexity index is 419. The van der Waals surface area contributed by atoms with E-state index in [1.54, 1.807) is 6.92 Å². The van der Waals surface area contributed by atoms with Gasteiger partial charge in [-0.15, -0.1) is 0 Å². The highest BCUT2D eigenvalue weighted by molar-refractivity contribution is 5.79. The van der Waals surface area contributed by atoms with Crippen molar-refractivity contribution in [2.75, 3.05) is 39.3 Å². The molecule has 0 bridgehead atoms. The fraction of sp³-hybridized carbons (Fsp3) is 0.882. The zero-order valence-corrected chi connectivity index (χ0v) is 15.2. The first kappa shape index (κ1) is 19.9. The van der Waals surface area contributed by atoms with E-state index in [-0.39, 0.29) is 24.5 Å². The Hall–Kier alpha value is -1.16. The molecule has 2 N–H and O–H groups in total. The van der Waals surface area contributed by atoms with Crippen molar-refractivity contribution < 1.29 is 9.53 Å². The maximum absolute atomic E-state index is 12.0. The quantitative estimate of drug-likeness (QED) is 0.696. The lowest BCUT2D eigenvalue weighted by atomic mass is 9.90. The molecule has 0 aliphatic carbocycles. The van der Waals surface area contributed by atoms with Gasteiger partial charge in [-0.2, -0.15) is 5.26 Å². The summed E-state index contributed by atoms with van der Waals surface area (Å²) in [6, 6.07) is 2.18. The predicted octanol–water partition coefficient (Wildman–Crippen LogP) is 0.987. The molecular formula is C17H32N4O2. The third-order valence-corrected chi connectivity index (χ3v) is 4.29. The van der Waals surface area contributed by atoms with Crippen LogP contribution in [0.1, 0.15) is 34.6 Å². The van der Waals surface area contributed by atoms with Crippen molar-refractivity contribution in [2.24, 2.45) is 11.8 Å². The van der Waals surface area contributed by atoms with Gasteiger partial charge < -0.3 is 15.4 Å². The van der Waals surface area contributed by atoms with Gasteiger partial charge in [0.15, 0.2) is 0 Å². The van der Waals surface area contributed by atoms with E-state index in [2.05, 4.69) is 35.5 Å². The number of carbonyl (C=O) groups excluding carboxylic acids is 1. The molecule has 0 aromatic rings. The van der Waals surface area contributed by atoms with Crippen molar-refractivity contribution in [3.05, 3.63) is 0 Å². The molecule has 0 spiro atoms. The monoisotopic (exact) mass is 324 g/mol. The van der Waals surface area contributed by atoms with Crippen LogP contribution in [0.3, 0.4) is 0 Å². The Balaban J connectivity index is 2.31. The summed E-state index contributed by atoms with van der Waals surface area (Å²) in [6.45, 7) is 14.6. The molecule has 0 radical (unpaired) electrons. The van der Waals surface area contributed by atoms with Crippen LogP contribution in [0.2, 0.25) is 0 Å². The van der Waals surface area contributed by atoms with Gasteiger partial charge in [-0.05, 0) is 18.8 Å². The number of nitrogens with zero attached hydrogens (tertiary/aromatic N) is 2. The molecule has 1 aliphatic heterocycles. The average molecular weight is 324 g/mol. The molecule has 6 nitrogen and oxygen atoms in total. The number of amides is 1. The normalized spacial score (nSPS) is 21.9. The second-order valence-electron chi connectivity index (χ2n) is 7.29. The number of nitriles is 1. The smallest absolute Gasteiger partial charge is 0.235 e. The van der Waals surface area contributed by atoms with Crippen LogP contribution in [0.5, 0.6) is 0 Å². The molecule has 1 heterocycles. The van der Waals surface area contributed by atoms with Crippen LogP contribution >= 0.6 is 0 Å². The lowest BCUT2D eigenvalue weighted by Crippen LogP contribution is -2.52. The summed E-state index contributed by atoms with van der Waals surface area (Å²) in [7, 11) is 0. The number of ether oxygens (including phenoxy) is 1. The average Bonchev–Trinajstić information content (AvgIpc) is 2.46. The SMILES string of the molecule is CC(C)CN1CCOC(CNCC(=O)NC(C)(C#N)C(C)C)C1. The van der Waals surface area contributed by atoms with Gasteiger partial charge in [0.05, 0.1) is 25.3 Å². The molecule has 23 heavy (non-hydrogen) atoms. The van der Waals surface area contributed by atoms with Gasteiger partial charge in [0.25, 0.3) is 0 Å². The van der Waals surface area contributed by atoms with Crippen LogP contribution in [-0.2, 0) is 9.53 Å². The third-order valence-electron chi connectivity index (χ3n) is 4.29. The molecule has 1 amide bonds. The van der Waals surface area contributed by atoms with E-state index in [4.69, 9.17) is 4.74 Å². The minimum absolute atomic E-state index is 0.0581. The number of hydrogen-bond acceptors (Lipinski definition) is 5. The fourth-order valence-corrected chi connectivity index (χ4v) is 2.57. The first-order valence-electron chi connectivity index (χ1n) is 8.53. The van der Waals surface area contributed by atoms with E-state index < -0.39 is 5.54 Å². The Labute approximate surface area is 140 Å². The number of rotatable bonds is 8. The van der Waals surface area contributed by atoms with Crippen LogP contribution in [-0.4, -0.2) is 61.8 Å². The molecule has 2 atom stereocenters. The molecule has 132 valence electrons. The largest absolute Gasteiger partial charge is 0.374 e. The van der Waals surface area contributed by atoms with Crippen LogP contribution in [0, 0.1) is 23.2 Å². The van der Waals surface area contributed by atoms with E-state index in [9.17, 15) is 10.1 Å². The lowest BCUT2D eigenvalue weighted by molar-refractivity contribution is -0.122. The second kappa shape index (κ2) is 9.21. The summed E-state index contributed by atoms with van der Waals surface area (Å²) in [5, 5.41) is 15.2. The van der Waals surface area contributed by atoms with E-state index in [1.807, 2.05) is 13.8 Å².